The molecule has 4 rings (SSSR count). The highest BCUT2D eigenvalue weighted by Crippen LogP contribution is 2.34. The maximum absolute atomic E-state index is 12.8. The molecule has 8 nitrogen and oxygen atoms in total. The van der Waals surface area contributed by atoms with Gasteiger partial charge in [-0.2, -0.15) is 4.31 Å². The average molecular weight is 451 g/mol. The first kappa shape index (κ1) is 21.0. The van der Waals surface area contributed by atoms with Crippen LogP contribution in [0.1, 0.15) is 0 Å². The molecule has 1 fully saturated rings. The van der Waals surface area contributed by atoms with E-state index in [-0.39, 0.29) is 16.6 Å². The van der Waals surface area contributed by atoms with Gasteiger partial charge in [0.05, 0.1) is 23.9 Å². The summed E-state index contributed by atoms with van der Waals surface area (Å²) >= 11 is 1.37. The quantitative estimate of drug-likeness (QED) is 0.675. The van der Waals surface area contributed by atoms with E-state index < -0.39 is 10.0 Å². The number of amides is 1. The fourth-order valence-corrected chi connectivity index (χ4v) is 5.31. The molecule has 0 saturated carbocycles. The number of rotatable bonds is 6. The zero-order chi connectivity index (χ0) is 21.0. The smallest absolute Gasteiger partial charge is 0.243 e. The number of hydrogen-bond acceptors (Lipinski definition) is 7. The van der Waals surface area contributed by atoms with Gasteiger partial charge >= 0.3 is 0 Å². The van der Waals surface area contributed by atoms with E-state index in [0.29, 0.717) is 56.7 Å². The van der Waals surface area contributed by atoms with Crippen LogP contribution >= 0.6 is 11.8 Å². The normalized spacial score (nSPS) is 16.8. The number of ether oxygens (including phenoxy) is 3. The maximum Gasteiger partial charge on any atom is 0.243 e. The summed E-state index contributed by atoms with van der Waals surface area (Å²) in [6.45, 7) is 2.45. The minimum absolute atomic E-state index is 0.154. The lowest BCUT2D eigenvalue weighted by Crippen LogP contribution is -2.40. The molecular weight excluding hydrogens is 428 g/mol. The summed E-state index contributed by atoms with van der Waals surface area (Å²) in [7, 11) is -3.61. The fourth-order valence-electron chi connectivity index (χ4n) is 3.13. The molecular formula is C20H22N2O6S2. The number of carbonyl (C=O) groups is 1. The van der Waals surface area contributed by atoms with Gasteiger partial charge in [0.1, 0.15) is 13.2 Å². The predicted octanol–water partition coefficient (Wildman–Crippen LogP) is 2.21. The maximum atomic E-state index is 12.8. The van der Waals surface area contributed by atoms with Gasteiger partial charge in [0.2, 0.25) is 15.9 Å². The van der Waals surface area contributed by atoms with Gasteiger partial charge in [-0.25, -0.2) is 8.42 Å². The first-order chi connectivity index (χ1) is 14.5. The first-order valence-electron chi connectivity index (χ1n) is 9.53. The SMILES string of the molecule is O=C(CSc1ccc2c(c1)OCCO2)Nc1cccc(S(=O)(=O)N2CCOCC2)c1. The van der Waals surface area contributed by atoms with Crippen LogP contribution in [0.25, 0.3) is 0 Å². The number of nitrogens with one attached hydrogen (secondary N) is 1. The van der Waals surface area contributed by atoms with E-state index in [9.17, 15) is 13.2 Å². The third kappa shape index (κ3) is 4.89. The third-order valence-corrected chi connectivity index (χ3v) is 7.50. The van der Waals surface area contributed by atoms with Crippen molar-refractivity contribution in [3.63, 3.8) is 0 Å². The van der Waals surface area contributed by atoms with E-state index in [0.717, 1.165) is 4.90 Å². The highest BCUT2D eigenvalue weighted by molar-refractivity contribution is 8.00. The molecule has 2 aliphatic heterocycles. The Morgan fingerprint density at radius 1 is 1.00 bits per heavy atom. The number of fused-ring (bicyclic) bond motifs is 1. The Hall–Kier alpha value is -2.27. The lowest BCUT2D eigenvalue weighted by Gasteiger charge is -2.26. The highest BCUT2D eigenvalue weighted by Gasteiger charge is 2.26. The van der Waals surface area contributed by atoms with Gasteiger partial charge in [0.15, 0.2) is 11.5 Å². The predicted molar refractivity (Wildman–Crippen MR) is 113 cm³/mol. The Labute approximate surface area is 179 Å². The fraction of sp³-hybridized carbons (Fsp3) is 0.350. The van der Waals surface area contributed by atoms with Gasteiger partial charge in [-0.1, -0.05) is 6.07 Å². The first-order valence-corrected chi connectivity index (χ1v) is 12.0. The number of sulfonamides is 1. The van der Waals surface area contributed by atoms with E-state index in [1.54, 1.807) is 12.1 Å². The Bertz CT molecular complexity index is 1020. The topological polar surface area (TPSA) is 94.2 Å². The molecule has 2 heterocycles. The Morgan fingerprint density at radius 3 is 2.57 bits per heavy atom. The van der Waals surface area contributed by atoms with Crippen molar-refractivity contribution >= 4 is 33.4 Å². The minimum Gasteiger partial charge on any atom is -0.486 e. The monoisotopic (exact) mass is 450 g/mol. The largest absolute Gasteiger partial charge is 0.486 e. The van der Waals surface area contributed by atoms with Crippen molar-refractivity contribution in [1.29, 1.82) is 0 Å². The van der Waals surface area contributed by atoms with Crippen molar-refractivity contribution in [3.05, 3.63) is 42.5 Å². The molecule has 0 atom stereocenters. The van der Waals surface area contributed by atoms with Crippen LogP contribution in [0.5, 0.6) is 11.5 Å². The van der Waals surface area contributed by atoms with Gasteiger partial charge in [-0.15, -0.1) is 11.8 Å². The Morgan fingerprint density at radius 2 is 1.77 bits per heavy atom. The molecule has 0 unspecified atom stereocenters. The number of carbonyl (C=O) groups excluding carboxylic acids is 1. The summed E-state index contributed by atoms with van der Waals surface area (Å²) in [6.07, 6.45) is 0. The number of anilines is 1. The lowest BCUT2D eigenvalue weighted by molar-refractivity contribution is -0.113. The Kier molecular flexibility index (Phi) is 6.47. The minimum atomic E-state index is -3.61. The second kappa shape index (κ2) is 9.25. The number of nitrogens with zero attached hydrogens (tertiary/aromatic N) is 1. The van der Waals surface area contributed by atoms with Crippen molar-refractivity contribution in [1.82, 2.24) is 4.31 Å². The van der Waals surface area contributed by atoms with Crippen molar-refractivity contribution in [2.45, 2.75) is 9.79 Å². The number of benzene rings is 2. The summed E-state index contributed by atoms with van der Waals surface area (Å²) in [4.78, 5) is 13.4. The molecule has 1 saturated heterocycles. The van der Waals surface area contributed by atoms with Crippen molar-refractivity contribution in [2.24, 2.45) is 0 Å². The van der Waals surface area contributed by atoms with Crippen molar-refractivity contribution in [2.75, 3.05) is 50.6 Å². The van der Waals surface area contributed by atoms with Crippen LogP contribution in [-0.2, 0) is 19.6 Å². The van der Waals surface area contributed by atoms with E-state index in [2.05, 4.69) is 5.32 Å². The van der Waals surface area contributed by atoms with Crippen LogP contribution in [0.15, 0.2) is 52.3 Å². The van der Waals surface area contributed by atoms with E-state index in [1.165, 1.54) is 28.2 Å². The van der Waals surface area contributed by atoms with Crippen LogP contribution in [-0.4, -0.2) is 63.9 Å². The molecule has 0 aliphatic carbocycles. The second-order valence-corrected chi connectivity index (χ2v) is 9.67. The zero-order valence-electron chi connectivity index (χ0n) is 16.2. The molecule has 0 radical (unpaired) electrons. The van der Waals surface area contributed by atoms with Crippen LogP contribution in [0.4, 0.5) is 5.69 Å². The molecule has 2 aromatic carbocycles. The summed E-state index contributed by atoms with van der Waals surface area (Å²) in [5.41, 5.74) is 0.442. The highest BCUT2D eigenvalue weighted by atomic mass is 32.2. The molecule has 10 heteroatoms. The van der Waals surface area contributed by atoms with E-state index in [1.807, 2.05) is 18.2 Å². The van der Waals surface area contributed by atoms with Crippen LogP contribution < -0.4 is 14.8 Å². The van der Waals surface area contributed by atoms with Gasteiger partial charge in [-0.05, 0) is 36.4 Å². The lowest BCUT2D eigenvalue weighted by atomic mass is 10.3. The van der Waals surface area contributed by atoms with Crippen LogP contribution in [0.3, 0.4) is 0 Å². The molecule has 0 bridgehead atoms. The molecule has 0 spiro atoms. The van der Waals surface area contributed by atoms with Crippen molar-refractivity contribution in [3.8, 4) is 11.5 Å². The van der Waals surface area contributed by atoms with Gasteiger partial charge < -0.3 is 19.5 Å². The third-order valence-electron chi connectivity index (χ3n) is 4.61. The van der Waals surface area contributed by atoms with Gasteiger partial charge in [0.25, 0.3) is 0 Å². The summed E-state index contributed by atoms with van der Waals surface area (Å²) in [5, 5.41) is 2.77. The number of hydrogen-bond donors (Lipinski definition) is 1. The molecule has 30 heavy (non-hydrogen) atoms. The van der Waals surface area contributed by atoms with Crippen LogP contribution in [0.2, 0.25) is 0 Å². The Balaban J connectivity index is 1.37. The summed E-state index contributed by atoms with van der Waals surface area (Å²) in [5.74, 6) is 1.33. The summed E-state index contributed by atoms with van der Waals surface area (Å²) in [6, 6.07) is 11.9. The molecule has 2 aliphatic rings. The summed E-state index contributed by atoms with van der Waals surface area (Å²) < 4.78 is 43.2. The molecule has 1 amide bonds. The van der Waals surface area contributed by atoms with Crippen molar-refractivity contribution < 1.29 is 27.4 Å². The molecule has 2 aromatic rings. The standard InChI is InChI=1S/C20H22N2O6S2/c23-20(14-29-16-4-5-18-19(13-16)28-11-10-27-18)21-15-2-1-3-17(12-15)30(24,25)22-6-8-26-9-7-22/h1-5,12-13H,6-11,14H2,(H,21,23). The van der Waals surface area contributed by atoms with E-state index >= 15 is 0 Å². The van der Waals surface area contributed by atoms with Gasteiger partial charge in [-0.3, -0.25) is 4.79 Å². The zero-order valence-corrected chi connectivity index (χ0v) is 17.8. The van der Waals surface area contributed by atoms with Crippen LogP contribution in [0, 0.1) is 0 Å². The molecule has 1 N–H and O–H groups in total. The van der Waals surface area contributed by atoms with E-state index in [4.69, 9.17) is 14.2 Å². The number of thioether (sulfide) groups is 1. The molecule has 160 valence electrons. The van der Waals surface area contributed by atoms with Gasteiger partial charge in [0, 0.05) is 23.7 Å². The average Bonchev–Trinajstić information content (AvgIpc) is 2.78. The number of morpholine rings is 1. The second-order valence-electron chi connectivity index (χ2n) is 6.69. The molecule has 0 aromatic heterocycles.